The van der Waals surface area contributed by atoms with Gasteiger partial charge < -0.3 is 24.1 Å². The normalized spacial score (nSPS) is 18.9. The number of hydrogen-bond acceptors (Lipinski definition) is 7. The number of esters is 1. The molecule has 1 aliphatic heterocycles. The Morgan fingerprint density at radius 1 is 1.00 bits per heavy atom. The molecule has 3 aromatic carbocycles. The lowest BCUT2D eigenvalue weighted by molar-refractivity contribution is -0.149. The van der Waals surface area contributed by atoms with Crippen LogP contribution in [0.2, 0.25) is 0 Å². The average Bonchev–Trinajstić information content (AvgIpc) is 3.29. The zero-order valence-corrected chi connectivity index (χ0v) is 19.8. The zero-order valence-electron chi connectivity index (χ0n) is 19.8. The van der Waals surface area contributed by atoms with Crippen LogP contribution in [0.3, 0.4) is 0 Å². The molecule has 1 heterocycles. The van der Waals surface area contributed by atoms with Crippen molar-refractivity contribution in [3.63, 3.8) is 0 Å². The first-order valence-corrected chi connectivity index (χ1v) is 11.5. The van der Waals surface area contributed by atoms with Crippen LogP contribution in [0.5, 0.6) is 11.5 Å². The van der Waals surface area contributed by atoms with Gasteiger partial charge in [0.15, 0.2) is 6.10 Å². The van der Waals surface area contributed by atoms with Gasteiger partial charge in [0.25, 0.3) is 0 Å². The van der Waals surface area contributed by atoms with E-state index in [1.165, 1.54) is 7.11 Å². The molecule has 0 fully saturated rings. The van der Waals surface area contributed by atoms with E-state index < -0.39 is 17.6 Å². The predicted molar refractivity (Wildman–Crippen MR) is 132 cm³/mol. The standard InChI is InChI=1S/C28H29NO6/c1-32-24-11-6-10-22(18-24)25-28(27(31)33-2,19-20-8-4-3-5-9-20)29-26(35-25)21-12-14-23(15-13-21)34-17-7-16-30/h3-6,8-15,18,25,30H,7,16-17,19H2,1-2H3/t25-,28-/m1/s1. The Kier molecular flexibility index (Phi) is 7.67. The van der Waals surface area contributed by atoms with E-state index in [4.69, 9.17) is 29.0 Å². The van der Waals surface area contributed by atoms with Crippen LogP contribution in [-0.4, -0.2) is 49.9 Å². The molecule has 0 radical (unpaired) electrons. The second-order valence-electron chi connectivity index (χ2n) is 8.22. The number of hydrogen-bond donors (Lipinski definition) is 1. The first-order valence-electron chi connectivity index (χ1n) is 11.5. The average molecular weight is 476 g/mol. The number of aliphatic hydroxyl groups excluding tert-OH is 1. The molecule has 0 spiro atoms. The molecule has 0 aliphatic carbocycles. The van der Waals surface area contributed by atoms with Gasteiger partial charge in [-0.15, -0.1) is 0 Å². The third-order valence-electron chi connectivity index (χ3n) is 5.89. The predicted octanol–water partition coefficient (Wildman–Crippen LogP) is 4.13. The van der Waals surface area contributed by atoms with Crippen LogP contribution in [0.15, 0.2) is 83.9 Å². The molecule has 7 nitrogen and oxygen atoms in total. The van der Waals surface area contributed by atoms with Crippen molar-refractivity contribution in [2.24, 2.45) is 4.99 Å². The number of carbonyl (C=O) groups excluding carboxylic acids is 1. The van der Waals surface area contributed by atoms with Crippen LogP contribution in [0.4, 0.5) is 0 Å². The molecule has 0 saturated carbocycles. The fourth-order valence-corrected chi connectivity index (χ4v) is 4.15. The molecule has 35 heavy (non-hydrogen) atoms. The Balaban J connectivity index is 1.75. The van der Waals surface area contributed by atoms with E-state index in [1.807, 2.05) is 78.9 Å². The van der Waals surface area contributed by atoms with Crippen molar-refractivity contribution in [1.29, 1.82) is 0 Å². The van der Waals surface area contributed by atoms with E-state index in [-0.39, 0.29) is 6.61 Å². The summed E-state index contributed by atoms with van der Waals surface area (Å²) in [5, 5.41) is 8.95. The molecule has 3 aromatic rings. The largest absolute Gasteiger partial charge is 0.497 e. The van der Waals surface area contributed by atoms with Crippen molar-refractivity contribution in [1.82, 2.24) is 0 Å². The summed E-state index contributed by atoms with van der Waals surface area (Å²) in [6, 6.07) is 24.5. The molecular weight excluding hydrogens is 446 g/mol. The summed E-state index contributed by atoms with van der Waals surface area (Å²) >= 11 is 0. The molecule has 2 atom stereocenters. The summed E-state index contributed by atoms with van der Waals surface area (Å²) in [6.07, 6.45) is 0.135. The number of methoxy groups -OCH3 is 2. The van der Waals surface area contributed by atoms with E-state index >= 15 is 0 Å². The molecule has 0 bridgehead atoms. The van der Waals surface area contributed by atoms with Crippen LogP contribution >= 0.6 is 0 Å². The van der Waals surface area contributed by atoms with E-state index in [0.29, 0.717) is 42.4 Å². The highest BCUT2D eigenvalue weighted by Gasteiger charge is 2.54. The highest BCUT2D eigenvalue weighted by molar-refractivity contribution is 6.00. The number of benzene rings is 3. The van der Waals surface area contributed by atoms with Gasteiger partial charge >= 0.3 is 5.97 Å². The van der Waals surface area contributed by atoms with Crippen molar-refractivity contribution in [3.05, 3.63) is 95.6 Å². The molecule has 0 saturated heterocycles. The van der Waals surface area contributed by atoms with E-state index in [2.05, 4.69) is 0 Å². The number of nitrogens with zero attached hydrogens (tertiary/aromatic N) is 1. The molecule has 0 amide bonds. The lowest BCUT2D eigenvalue weighted by Gasteiger charge is -2.29. The maximum atomic E-state index is 13.4. The van der Waals surface area contributed by atoms with Gasteiger partial charge in [0.05, 0.1) is 20.8 Å². The van der Waals surface area contributed by atoms with Gasteiger partial charge in [0.2, 0.25) is 11.4 Å². The topological polar surface area (TPSA) is 86.6 Å². The van der Waals surface area contributed by atoms with Crippen LogP contribution < -0.4 is 9.47 Å². The number of carbonyl (C=O) groups is 1. The van der Waals surface area contributed by atoms with Gasteiger partial charge in [-0.2, -0.15) is 0 Å². The van der Waals surface area contributed by atoms with Gasteiger partial charge in [0, 0.05) is 25.0 Å². The minimum absolute atomic E-state index is 0.0748. The Morgan fingerprint density at radius 3 is 2.46 bits per heavy atom. The monoisotopic (exact) mass is 475 g/mol. The fourth-order valence-electron chi connectivity index (χ4n) is 4.15. The minimum atomic E-state index is -1.33. The third-order valence-corrected chi connectivity index (χ3v) is 5.89. The molecule has 7 heteroatoms. The summed E-state index contributed by atoms with van der Waals surface area (Å²) in [5.41, 5.74) is 1.08. The molecule has 182 valence electrons. The SMILES string of the molecule is COC(=O)[C@]1(Cc2ccccc2)N=C(c2ccc(OCCCO)cc2)O[C@@H]1c1cccc(OC)c1. The van der Waals surface area contributed by atoms with Crippen molar-refractivity contribution >= 4 is 11.9 Å². The molecule has 1 aliphatic rings. The lowest BCUT2D eigenvalue weighted by atomic mass is 9.83. The number of rotatable bonds is 10. The van der Waals surface area contributed by atoms with E-state index in [9.17, 15) is 4.79 Å². The molecule has 0 unspecified atom stereocenters. The van der Waals surface area contributed by atoms with Gasteiger partial charge in [-0.3, -0.25) is 0 Å². The van der Waals surface area contributed by atoms with Crippen LogP contribution in [0.25, 0.3) is 0 Å². The summed E-state index contributed by atoms with van der Waals surface area (Å²) in [6.45, 7) is 0.499. The molecule has 0 aromatic heterocycles. The van der Waals surface area contributed by atoms with Crippen LogP contribution in [0.1, 0.15) is 29.2 Å². The van der Waals surface area contributed by atoms with Crippen molar-refractivity contribution in [2.75, 3.05) is 27.4 Å². The first kappa shape index (κ1) is 24.3. The summed E-state index contributed by atoms with van der Waals surface area (Å²) in [7, 11) is 2.96. The Labute approximate surface area is 204 Å². The first-order chi connectivity index (χ1) is 17.1. The van der Waals surface area contributed by atoms with E-state index in [0.717, 1.165) is 11.1 Å². The van der Waals surface area contributed by atoms with Crippen molar-refractivity contribution < 1.29 is 28.8 Å². The second kappa shape index (κ2) is 11.1. The number of aliphatic hydroxyl groups is 1. The van der Waals surface area contributed by atoms with Gasteiger partial charge in [0.1, 0.15) is 11.5 Å². The molecule has 4 rings (SSSR count). The zero-order chi connectivity index (χ0) is 24.7. The summed E-state index contributed by atoms with van der Waals surface area (Å²) < 4.78 is 22.7. The van der Waals surface area contributed by atoms with Crippen molar-refractivity contribution in [2.45, 2.75) is 24.5 Å². The quantitative estimate of drug-likeness (QED) is 0.351. The minimum Gasteiger partial charge on any atom is -0.497 e. The highest BCUT2D eigenvalue weighted by Crippen LogP contribution is 2.43. The Bertz CT molecular complexity index is 1160. The summed E-state index contributed by atoms with van der Waals surface area (Å²) in [5.74, 6) is 1.20. The summed E-state index contributed by atoms with van der Waals surface area (Å²) in [4.78, 5) is 18.3. The van der Waals surface area contributed by atoms with Gasteiger partial charge in [-0.05, 0) is 47.5 Å². The number of ether oxygens (including phenoxy) is 4. The third kappa shape index (κ3) is 5.30. The van der Waals surface area contributed by atoms with Gasteiger partial charge in [-0.25, -0.2) is 9.79 Å². The Hall–Kier alpha value is -3.84. The van der Waals surface area contributed by atoms with E-state index in [1.54, 1.807) is 7.11 Å². The van der Waals surface area contributed by atoms with Crippen LogP contribution in [-0.2, 0) is 20.7 Å². The maximum Gasteiger partial charge on any atom is 0.338 e. The maximum absolute atomic E-state index is 13.4. The van der Waals surface area contributed by atoms with Crippen molar-refractivity contribution in [3.8, 4) is 11.5 Å². The second-order valence-corrected chi connectivity index (χ2v) is 8.22. The molecule has 1 N–H and O–H groups in total. The van der Waals surface area contributed by atoms with Gasteiger partial charge in [-0.1, -0.05) is 42.5 Å². The van der Waals surface area contributed by atoms with Crippen LogP contribution in [0, 0.1) is 0 Å². The fraction of sp³-hybridized carbons (Fsp3) is 0.286. The smallest absolute Gasteiger partial charge is 0.338 e. The Morgan fingerprint density at radius 2 is 1.77 bits per heavy atom. The lowest BCUT2D eigenvalue weighted by Crippen LogP contribution is -2.44. The highest BCUT2D eigenvalue weighted by atomic mass is 16.5. The number of aliphatic imine (C=N–C) groups is 1. The molecular formula is C28H29NO6.